The molecule has 5 saturated heterocycles. The van der Waals surface area contributed by atoms with E-state index < -0.39 is 15.9 Å². The number of piperidine rings is 3. The van der Waals surface area contributed by atoms with Crippen molar-refractivity contribution in [2.45, 2.75) is 92.5 Å². The van der Waals surface area contributed by atoms with E-state index in [0.717, 1.165) is 159 Å². The van der Waals surface area contributed by atoms with Gasteiger partial charge in [-0.2, -0.15) is 0 Å². The highest BCUT2D eigenvalue weighted by atomic mass is 35.5. The van der Waals surface area contributed by atoms with Gasteiger partial charge in [0, 0.05) is 111 Å². The largest absolute Gasteiger partial charge is 0.381 e. The maximum Gasteiger partial charge on any atom is 0.264 e. The summed E-state index contributed by atoms with van der Waals surface area (Å²) in [5, 5.41) is 6.96. The van der Waals surface area contributed by atoms with Gasteiger partial charge in [0.25, 0.3) is 15.9 Å². The molecule has 4 aromatic rings. The number of amides is 3. The van der Waals surface area contributed by atoms with E-state index >= 15 is 0 Å². The number of halogens is 1. The van der Waals surface area contributed by atoms with Crippen LogP contribution in [-0.4, -0.2) is 162 Å². The molecule has 5 heterocycles. The Morgan fingerprint density at radius 3 is 2.22 bits per heavy atom. The van der Waals surface area contributed by atoms with Gasteiger partial charge >= 0.3 is 0 Å². The van der Waals surface area contributed by atoms with Crippen LogP contribution in [0.2, 0.25) is 5.02 Å². The molecule has 412 valence electrons. The molecule has 3 atom stereocenters. The monoisotopic (exact) mass is 1100 g/mol. The van der Waals surface area contributed by atoms with E-state index in [4.69, 9.17) is 16.3 Å². The number of allylic oxidation sites excluding steroid dienone is 1. The molecule has 77 heavy (non-hydrogen) atoms. The number of likely N-dealkylation sites (tertiary alicyclic amines) is 2. The number of thioether (sulfide) groups is 1. The Balaban J connectivity index is 0.695. The second kappa shape index (κ2) is 26.0. The summed E-state index contributed by atoms with van der Waals surface area (Å²) in [5.74, 6) is 0.536. The average molecular weight is 1110 g/mol. The van der Waals surface area contributed by atoms with Crippen LogP contribution in [0, 0.1) is 11.3 Å². The first-order valence-corrected chi connectivity index (χ1v) is 31.0. The van der Waals surface area contributed by atoms with Crippen molar-refractivity contribution in [3.63, 3.8) is 0 Å². The lowest BCUT2D eigenvalue weighted by Crippen LogP contribution is -2.56. The highest BCUT2D eigenvalue weighted by Crippen LogP contribution is 2.43. The highest BCUT2D eigenvalue weighted by molar-refractivity contribution is 7.99. The van der Waals surface area contributed by atoms with Crippen molar-refractivity contribution < 1.29 is 27.5 Å². The Hall–Kier alpha value is -4.78. The van der Waals surface area contributed by atoms with E-state index in [2.05, 4.69) is 64.1 Å². The second-order valence-corrected chi connectivity index (χ2v) is 25.5. The van der Waals surface area contributed by atoms with Crippen LogP contribution in [0.15, 0.2) is 118 Å². The minimum atomic E-state index is -4.12. The van der Waals surface area contributed by atoms with Gasteiger partial charge in [-0.15, -0.1) is 11.8 Å². The zero-order chi connectivity index (χ0) is 53.2. The van der Waals surface area contributed by atoms with E-state index in [-0.39, 0.29) is 34.4 Å². The number of carbonyl (C=O) groups excluding carboxylic acids is 3. The third kappa shape index (κ3) is 14.9. The third-order valence-corrected chi connectivity index (χ3v) is 20.0. The predicted octanol–water partition coefficient (Wildman–Crippen LogP) is 8.50. The molecule has 0 bridgehead atoms. The fraction of sp³-hybridized carbons (Fsp3) is 0.517. The standard InChI is InChI=1S/C60H77ClN8O6S2/c61-49-12-8-46(9-13-49)55-20-7-45(42-66-30-24-60(25-31-66)26-32-69(33-27-60)56-21-22-57(70)63-59(56)72)41-48(55)43-67-34-36-68(37-35-67)52-16-10-47(11-17-52)58(71)64-77(73,74)54-18-14-50(15-19-54)62-51(44-76-53-5-2-1-3-6-53)23-29-65-28-4-39-75-40-38-65/h1-3,5-6,8-19,45,51,56,62H,4,7,20-44H2,(H,64,71)(H,63,70,72)/t45-,51?,56?/m1/s1. The summed E-state index contributed by atoms with van der Waals surface area (Å²) in [4.78, 5) is 51.4. The van der Waals surface area contributed by atoms with Crippen molar-refractivity contribution >= 4 is 68.1 Å². The average Bonchev–Trinajstić information content (AvgIpc) is 3.74. The molecule has 0 radical (unpaired) electrons. The maximum absolute atomic E-state index is 13.5. The number of sulfonamides is 1. The normalized spacial score (nSPS) is 22.8. The molecule has 3 amide bonds. The van der Waals surface area contributed by atoms with Gasteiger partial charge in [-0.1, -0.05) is 47.5 Å². The number of ether oxygens (including phenoxy) is 1. The van der Waals surface area contributed by atoms with Gasteiger partial charge in [0.05, 0.1) is 17.5 Å². The summed E-state index contributed by atoms with van der Waals surface area (Å²) >= 11 is 8.17. The van der Waals surface area contributed by atoms with Crippen LogP contribution < -0.4 is 20.3 Å². The predicted molar refractivity (Wildman–Crippen MR) is 308 cm³/mol. The number of nitrogens with zero attached hydrogens (tertiary/aromatic N) is 5. The highest BCUT2D eigenvalue weighted by Gasteiger charge is 2.42. The summed E-state index contributed by atoms with van der Waals surface area (Å²) < 4.78 is 35.0. The van der Waals surface area contributed by atoms with Crippen molar-refractivity contribution in [2.24, 2.45) is 11.3 Å². The molecule has 14 nitrogen and oxygen atoms in total. The lowest BCUT2D eigenvalue weighted by atomic mass is 9.70. The van der Waals surface area contributed by atoms with Gasteiger partial charge in [-0.25, -0.2) is 13.1 Å². The topological polar surface area (TPSA) is 147 Å². The number of hydrogen-bond acceptors (Lipinski definition) is 13. The van der Waals surface area contributed by atoms with Crippen molar-refractivity contribution in [1.29, 1.82) is 0 Å². The van der Waals surface area contributed by atoms with Crippen LogP contribution in [0.4, 0.5) is 11.4 Å². The summed E-state index contributed by atoms with van der Waals surface area (Å²) in [6.07, 6.45) is 11.1. The number of hydrogen-bond donors (Lipinski definition) is 3. The van der Waals surface area contributed by atoms with Gasteiger partial charge in [0.15, 0.2) is 0 Å². The molecule has 5 aliphatic heterocycles. The van der Waals surface area contributed by atoms with E-state index in [1.807, 2.05) is 42.5 Å². The van der Waals surface area contributed by atoms with Gasteiger partial charge in [-0.3, -0.25) is 29.5 Å². The smallest absolute Gasteiger partial charge is 0.264 e. The molecule has 3 N–H and O–H groups in total. The second-order valence-electron chi connectivity index (χ2n) is 22.3. The molecule has 1 aliphatic carbocycles. The summed E-state index contributed by atoms with van der Waals surface area (Å²) in [7, 11) is -4.12. The molecule has 6 aliphatic rings. The van der Waals surface area contributed by atoms with Gasteiger partial charge < -0.3 is 24.8 Å². The summed E-state index contributed by atoms with van der Waals surface area (Å²) in [6, 6.07) is 32.7. The van der Waals surface area contributed by atoms with Crippen molar-refractivity contribution in [2.75, 3.05) is 114 Å². The molecule has 0 saturated carbocycles. The van der Waals surface area contributed by atoms with E-state index in [9.17, 15) is 22.8 Å². The lowest BCUT2D eigenvalue weighted by Gasteiger charge is -2.49. The minimum absolute atomic E-state index is 0.0315. The van der Waals surface area contributed by atoms with E-state index in [1.165, 1.54) is 40.9 Å². The van der Waals surface area contributed by atoms with Crippen LogP contribution in [0.5, 0.6) is 0 Å². The summed E-state index contributed by atoms with van der Waals surface area (Å²) in [5.41, 5.74) is 6.76. The zero-order valence-corrected chi connectivity index (χ0v) is 46.9. The maximum atomic E-state index is 13.5. The number of piperazine rings is 1. The quantitative estimate of drug-likeness (QED) is 0.0647. The SMILES string of the molecule is O=C1CCC(N2CCC3(CCN(C[C@@H]4CCC(c5ccc(Cl)cc5)=C(CN5CCN(c6ccc(C(=O)NS(=O)(=O)c7ccc(NC(CCN8CCCOCC8)CSc8ccccc8)cc7)cc6)CC5)C4)CC3)CC2)C(=O)N1. The fourth-order valence-corrected chi connectivity index (χ4v) is 14.7. The minimum Gasteiger partial charge on any atom is -0.381 e. The van der Waals surface area contributed by atoms with Gasteiger partial charge in [0.2, 0.25) is 11.8 Å². The number of carbonyl (C=O) groups is 3. The first-order valence-electron chi connectivity index (χ1n) is 28.2. The van der Waals surface area contributed by atoms with Crippen molar-refractivity contribution in [3.05, 3.63) is 125 Å². The Kier molecular flexibility index (Phi) is 18.8. The van der Waals surface area contributed by atoms with Crippen LogP contribution in [0.1, 0.15) is 86.6 Å². The van der Waals surface area contributed by atoms with Crippen LogP contribution in [-0.2, 0) is 24.3 Å². The number of nitrogens with one attached hydrogen (secondary N) is 3. The first kappa shape index (κ1) is 55.5. The lowest BCUT2D eigenvalue weighted by molar-refractivity contribution is -0.138. The molecule has 17 heteroatoms. The van der Waals surface area contributed by atoms with Crippen LogP contribution in [0.3, 0.4) is 0 Å². The first-order chi connectivity index (χ1) is 37.4. The number of rotatable bonds is 18. The van der Waals surface area contributed by atoms with Gasteiger partial charge in [0.1, 0.15) is 0 Å². The number of benzene rings is 4. The zero-order valence-electron chi connectivity index (χ0n) is 44.5. The molecule has 10 rings (SSSR count). The Bertz CT molecular complexity index is 2750. The fourth-order valence-electron chi connectivity index (χ4n) is 12.6. The van der Waals surface area contributed by atoms with Crippen molar-refractivity contribution in [1.82, 2.24) is 29.6 Å². The van der Waals surface area contributed by atoms with Crippen LogP contribution >= 0.6 is 23.4 Å². The molecule has 4 aromatic carbocycles. The molecule has 5 fully saturated rings. The van der Waals surface area contributed by atoms with E-state index in [1.54, 1.807) is 48.2 Å². The Morgan fingerprint density at radius 2 is 1.49 bits per heavy atom. The number of anilines is 2. The molecule has 2 unspecified atom stereocenters. The molecular formula is C60H77ClN8O6S2. The Labute approximate surface area is 465 Å². The summed E-state index contributed by atoms with van der Waals surface area (Å²) in [6.45, 7) is 14.2. The van der Waals surface area contributed by atoms with Crippen molar-refractivity contribution in [3.8, 4) is 0 Å². The van der Waals surface area contributed by atoms with E-state index in [0.29, 0.717) is 24.2 Å². The third-order valence-electron chi connectivity index (χ3n) is 17.2. The molecule has 0 aromatic heterocycles. The Morgan fingerprint density at radius 1 is 0.766 bits per heavy atom. The number of imide groups is 1. The van der Waals surface area contributed by atoms with Gasteiger partial charge in [-0.05, 0) is 186 Å². The molecule has 1 spiro atoms. The molecular weight excluding hydrogens is 1030 g/mol. The van der Waals surface area contributed by atoms with Crippen LogP contribution in [0.25, 0.3) is 5.57 Å².